The van der Waals surface area contributed by atoms with Gasteiger partial charge in [-0.3, -0.25) is 13.9 Å². The fourth-order valence-corrected chi connectivity index (χ4v) is 2.42. The standard InChI is InChI=1S/C16H16F2N6O3/c1-19-5-6-27-15-20-12-13(21-22-15)24(16(26)23(2)14(12)25)8-9-3-4-10(17)11(18)7-9/h3-4,7,19H,5-6,8H2,1-2H3. The second kappa shape index (κ2) is 7.58. The van der Waals surface area contributed by atoms with E-state index in [4.69, 9.17) is 4.74 Å². The summed E-state index contributed by atoms with van der Waals surface area (Å²) >= 11 is 0. The molecule has 0 saturated carbocycles. The van der Waals surface area contributed by atoms with Crippen LogP contribution in [0.4, 0.5) is 8.78 Å². The number of nitrogens with one attached hydrogen (secondary N) is 1. The van der Waals surface area contributed by atoms with Crippen molar-refractivity contribution in [3.8, 4) is 6.01 Å². The Bertz CT molecular complexity index is 1110. The number of hydrogen-bond donors (Lipinski definition) is 1. The van der Waals surface area contributed by atoms with Gasteiger partial charge in [-0.2, -0.15) is 4.98 Å². The van der Waals surface area contributed by atoms with Crippen molar-refractivity contribution in [2.75, 3.05) is 20.2 Å². The lowest BCUT2D eigenvalue weighted by Gasteiger charge is -2.11. The highest BCUT2D eigenvalue weighted by Gasteiger charge is 2.16. The van der Waals surface area contributed by atoms with E-state index in [1.807, 2.05) is 0 Å². The minimum Gasteiger partial charge on any atom is -0.461 e. The molecule has 0 bridgehead atoms. The molecule has 0 radical (unpaired) electrons. The molecular weight excluding hydrogens is 362 g/mol. The number of ether oxygens (including phenoxy) is 1. The van der Waals surface area contributed by atoms with Crippen LogP contribution in [0.3, 0.4) is 0 Å². The average molecular weight is 378 g/mol. The summed E-state index contributed by atoms with van der Waals surface area (Å²) in [4.78, 5) is 28.9. The van der Waals surface area contributed by atoms with Gasteiger partial charge in [-0.05, 0) is 24.7 Å². The van der Waals surface area contributed by atoms with Gasteiger partial charge >= 0.3 is 11.7 Å². The lowest BCUT2D eigenvalue weighted by atomic mass is 10.2. The van der Waals surface area contributed by atoms with Gasteiger partial charge in [0.15, 0.2) is 22.8 Å². The van der Waals surface area contributed by atoms with Gasteiger partial charge in [0.2, 0.25) is 0 Å². The van der Waals surface area contributed by atoms with Gasteiger partial charge in [-0.25, -0.2) is 13.6 Å². The molecule has 2 heterocycles. The van der Waals surface area contributed by atoms with Crippen LogP contribution < -0.4 is 21.3 Å². The van der Waals surface area contributed by atoms with Gasteiger partial charge in [-0.15, -0.1) is 5.10 Å². The molecule has 0 saturated heterocycles. The third kappa shape index (κ3) is 3.67. The van der Waals surface area contributed by atoms with Crippen molar-refractivity contribution >= 4 is 11.2 Å². The molecular formula is C16H16F2N6O3. The number of benzene rings is 1. The average Bonchev–Trinajstić information content (AvgIpc) is 2.66. The number of nitrogens with zero attached hydrogens (tertiary/aromatic N) is 5. The van der Waals surface area contributed by atoms with Crippen LogP contribution >= 0.6 is 0 Å². The molecule has 0 aliphatic carbocycles. The summed E-state index contributed by atoms with van der Waals surface area (Å²) < 4.78 is 33.8. The summed E-state index contributed by atoms with van der Waals surface area (Å²) in [6.07, 6.45) is 0. The van der Waals surface area contributed by atoms with Crippen molar-refractivity contribution < 1.29 is 13.5 Å². The van der Waals surface area contributed by atoms with Crippen molar-refractivity contribution in [1.82, 2.24) is 29.6 Å². The minimum atomic E-state index is -1.04. The normalized spacial score (nSPS) is 11.1. The van der Waals surface area contributed by atoms with Gasteiger partial charge in [0.25, 0.3) is 5.56 Å². The zero-order valence-electron chi connectivity index (χ0n) is 14.6. The van der Waals surface area contributed by atoms with Gasteiger partial charge in [-0.1, -0.05) is 11.2 Å². The number of halogens is 2. The maximum absolute atomic E-state index is 13.5. The Kier molecular flexibility index (Phi) is 5.21. The fourth-order valence-electron chi connectivity index (χ4n) is 2.42. The zero-order chi connectivity index (χ0) is 19.6. The third-order valence-corrected chi connectivity index (χ3v) is 3.84. The minimum absolute atomic E-state index is 0.0752. The molecule has 0 atom stereocenters. The second-order valence-electron chi connectivity index (χ2n) is 5.70. The quantitative estimate of drug-likeness (QED) is 0.593. The van der Waals surface area contributed by atoms with Crippen LogP contribution in [0.1, 0.15) is 5.56 Å². The lowest BCUT2D eigenvalue weighted by molar-refractivity contribution is 0.291. The Morgan fingerprint density at radius 1 is 1.19 bits per heavy atom. The molecule has 3 rings (SSSR count). The number of likely N-dealkylation sites (N-methyl/N-ethyl adjacent to an activating group) is 1. The molecule has 9 nitrogen and oxygen atoms in total. The Hall–Kier alpha value is -3.21. The van der Waals surface area contributed by atoms with Crippen LogP contribution in [0.5, 0.6) is 6.01 Å². The highest BCUT2D eigenvalue weighted by molar-refractivity contribution is 5.68. The van der Waals surface area contributed by atoms with E-state index in [9.17, 15) is 18.4 Å². The molecule has 3 aromatic rings. The molecule has 0 unspecified atom stereocenters. The zero-order valence-corrected chi connectivity index (χ0v) is 14.6. The molecule has 2 aromatic heterocycles. The van der Waals surface area contributed by atoms with Gasteiger partial charge in [0, 0.05) is 13.6 Å². The Balaban J connectivity index is 2.10. The molecule has 1 aromatic carbocycles. The van der Waals surface area contributed by atoms with Gasteiger partial charge in [0.05, 0.1) is 6.54 Å². The monoisotopic (exact) mass is 378 g/mol. The summed E-state index contributed by atoms with van der Waals surface area (Å²) in [7, 11) is 3.03. The maximum atomic E-state index is 13.5. The highest BCUT2D eigenvalue weighted by Crippen LogP contribution is 2.12. The topological polar surface area (TPSA) is 104 Å². The Morgan fingerprint density at radius 3 is 2.67 bits per heavy atom. The summed E-state index contributed by atoms with van der Waals surface area (Å²) in [6, 6.07) is 3.15. The first kappa shape index (κ1) is 18.6. The summed E-state index contributed by atoms with van der Waals surface area (Å²) in [5.74, 6) is -2.04. The van der Waals surface area contributed by atoms with Crippen molar-refractivity contribution in [2.45, 2.75) is 6.54 Å². The van der Waals surface area contributed by atoms with Crippen molar-refractivity contribution in [3.63, 3.8) is 0 Å². The number of aromatic nitrogens is 5. The van der Waals surface area contributed by atoms with Crippen LogP contribution in [0.2, 0.25) is 0 Å². The third-order valence-electron chi connectivity index (χ3n) is 3.84. The van der Waals surface area contributed by atoms with Crippen LogP contribution in [0.25, 0.3) is 11.2 Å². The van der Waals surface area contributed by atoms with E-state index in [-0.39, 0.29) is 30.3 Å². The highest BCUT2D eigenvalue weighted by atomic mass is 19.2. The van der Waals surface area contributed by atoms with E-state index >= 15 is 0 Å². The largest absolute Gasteiger partial charge is 0.461 e. The van der Waals surface area contributed by atoms with Crippen LogP contribution in [-0.4, -0.2) is 44.5 Å². The predicted molar refractivity (Wildman–Crippen MR) is 91.7 cm³/mol. The smallest absolute Gasteiger partial charge is 0.336 e. The number of rotatable bonds is 6. The van der Waals surface area contributed by atoms with E-state index in [0.717, 1.165) is 21.3 Å². The first-order chi connectivity index (χ1) is 12.9. The first-order valence-electron chi connectivity index (χ1n) is 7.98. The lowest BCUT2D eigenvalue weighted by Crippen LogP contribution is -2.39. The van der Waals surface area contributed by atoms with Crippen LogP contribution in [0.15, 0.2) is 27.8 Å². The molecule has 0 amide bonds. The van der Waals surface area contributed by atoms with Crippen LogP contribution in [0, 0.1) is 11.6 Å². The molecule has 1 N–H and O–H groups in total. The van der Waals surface area contributed by atoms with Crippen molar-refractivity contribution in [1.29, 1.82) is 0 Å². The summed E-state index contributed by atoms with van der Waals surface area (Å²) in [5, 5.41) is 10.5. The molecule has 0 aliphatic heterocycles. The van der Waals surface area contributed by atoms with Gasteiger partial charge < -0.3 is 10.1 Å². The van der Waals surface area contributed by atoms with E-state index in [0.29, 0.717) is 12.1 Å². The molecule has 0 fully saturated rings. The number of fused-ring (bicyclic) bond motifs is 1. The van der Waals surface area contributed by atoms with E-state index in [2.05, 4.69) is 20.5 Å². The van der Waals surface area contributed by atoms with Crippen molar-refractivity contribution in [3.05, 3.63) is 56.2 Å². The first-order valence-corrected chi connectivity index (χ1v) is 7.98. The number of hydrogen-bond acceptors (Lipinski definition) is 7. The molecule has 27 heavy (non-hydrogen) atoms. The maximum Gasteiger partial charge on any atom is 0.336 e. The summed E-state index contributed by atoms with van der Waals surface area (Å²) in [5.41, 5.74) is -1.22. The van der Waals surface area contributed by atoms with E-state index in [1.165, 1.54) is 13.1 Å². The fraction of sp³-hybridized carbons (Fsp3) is 0.312. The summed E-state index contributed by atoms with van der Waals surface area (Å²) in [6.45, 7) is 0.657. The molecule has 0 spiro atoms. The molecule has 0 aliphatic rings. The van der Waals surface area contributed by atoms with Gasteiger partial charge in [0.1, 0.15) is 6.61 Å². The van der Waals surface area contributed by atoms with Crippen molar-refractivity contribution in [2.24, 2.45) is 7.05 Å². The van der Waals surface area contributed by atoms with E-state index < -0.39 is 22.9 Å². The predicted octanol–water partition coefficient (Wildman–Crippen LogP) is -0.190. The van der Waals surface area contributed by atoms with Crippen LogP contribution in [-0.2, 0) is 13.6 Å². The molecule has 11 heteroatoms. The molecule has 142 valence electrons. The second-order valence-corrected chi connectivity index (χ2v) is 5.70. The Labute approximate surface area is 151 Å². The Morgan fingerprint density at radius 2 is 1.96 bits per heavy atom. The SMILES string of the molecule is CNCCOc1nnc2c(n1)c(=O)n(C)c(=O)n2Cc1ccc(F)c(F)c1. The van der Waals surface area contributed by atoms with E-state index in [1.54, 1.807) is 7.05 Å².